The molecule has 4 heterocycles. The highest BCUT2D eigenvalue weighted by Crippen LogP contribution is 2.28. The van der Waals surface area contributed by atoms with E-state index < -0.39 is 5.91 Å². The van der Waals surface area contributed by atoms with E-state index in [9.17, 15) is 14.4 Å². The Labute approximate surface area is 186 Å². The number of aromatic amines is 1. The van der Waals surface area contributed by atoms with Gasteiger partial charge >= 0.3 is 0 Å². The molecule has 5 rings (SSSR count). The number of anilines is 1. The maximum absolute atomic E-state index is 12.8. The summed E-state index contributed by atoms with van der Waals surface area (Å²) in [5, 5.41) is 8.31. The fourth-order valence-electron chi connectivity index (χ4n) is 3.46. The first-order valence-electron chi connectivity index (χ1n) is 10.0. The molecule has 3 amide bonds. The third-order valence-electron chi connectivity index (χ3n) is 5.09. The summed E-state index contributed by atoms with van der Waals surface area (Å²) in [6.45, 7) is 0.477. The summed E-state index contributed by atoms with van der Waals surface area (Å²) >= 11 is 0. The average Bonchev–Trinajstić information content (AvgIpc) is 3.50. The average molecular weight is 446 g/mol. The van der Waals surface area contributed by atoms with Crippen LogP contribution in [0.1, 0.15) is 32.0 Å². The summed E-state index contributed by atoms with van der Waals surface area (Å²) < 4.78 is 10.3. The van der Waals surface area contributed by atoms with Crippen LogP contribution in [0.25, 0.3) is 11.0 Å². The van der Waals surface area contributed by atoms with Gasteiger partial charge in [0.15, 0.2) is 12.3 Å². The normalized spacial score (nSPS) is 12.5. The second-order valence-electron chi connectivity index (χ2n) is 7.31. The lowest BCUT2D eigenvalue weighted by molar-refractivity contribution is -0.118. The summed E-state index contributed by atoms with van der Waals surface area (Å²) in [5.74, 6) is -0.436. The zero-order chi connectivity index (χ0) is 22.8. The molecule has 0 aliphatic carbocycles. The summed E-state index contributed by atoms with van der Waals surface area (Å²) in [4.78, 5) is 48.1. The molecule has 33 heavy (non-hydrogen) atoms. The molecule has 1 aliphatic rings. The highest BCUT2D eigenvalue weighted by Gasteiger charge is 2.20. The van der Waals surface area contributed by atoms with E-state index in [0.717, 1.165) is 11.1 Å². The molecule has 4 N–H and O–H groups in total. The van der Waals surface area contributed by atoms with Crippen LogP contribution in [0.4, 0.5) is 5.69 Å². The fraction of sp³-hybridized carbons (Fsp3) is 0.136. The number of furan rings is 1. The van der Waals surface area contributed by atoms with Gasteiger partial charge in [0, 0.05) is 24.8 Å². The van der Waals surface area contributed by atoms with Crippen molar-refractivity contribution in [3.05, 3.63) is 71.7 Å². The van der Waals surface area contributed by atoms with Crippen molar-refractivity contribution >= 4 is 34.4 Å². The molecule has 4 aromatic rings. The van der Waals surface area contributed by atoms with E-state index in [2.05, 4.69) is 30.9 Å². The molecule has 3 aromatic heterocycles. The van der Waals surface area contributed by atoms with Gasteiger partial charge in [0.1, 0.15) is 17.6 Å². The smallest absolute Gasteiger partial charge is 0.272 e. The Kier molecular flexibility index (Phi) is 5.19. The molecule has 0 atom stereocenters. The van der Waals surface area contributed by atoms with Crippen molar-refractivity contribution < 1.29 is 23.5 Å². The van der Waals surface area contributed by atoms with E-state index in [4.69, 9.17) is 9.15 Å². The number of carbonyl (C=O) groups excluding carboxylic acids is 3. The van der Waals surface area contributed by atoms with Gasteiger partial charge in [-0.25, -0.2) is 9.97 Å². The van der Waals surface area contributed by atoms with Gasteiger partial charge in [-0.3, -0.25) is 14.4 Å². The van der Waals surface area contributed by atoms with Crippen LogP contribution >= 0.6 is 0 Å². The first kappa shape index (κ1) is 20.2. The van der Waals surface area contributed by atoms with E-state index in [1.165, 1.54) is 18.8 Å². The van der Waals surface area contributed by atoms with Gasteiger partial charge in [-0.05, 0) is 23.8 Å². The minimum absolute atomic E-state index is 0.0215. The highest BCUT2D eigenvalue weighted by molar-refractivity contribution is 6.10. The predicted molar refractivity (Wildman–Crippen MR) is 116 cm³/mol. The zero-order valence-corrected chi connectivity index (χ0v) is 17.2. The minimum Gasteiger partial charge on any atom is -0.482 e. The number of fused-ring (bicyclic) bond motifs is 2. The Morgan fingerprint density at radius 3 is 2.76 bits per heavy atom. The van der Waals surface area contributed by atoms with Crippen molar-refractivity contribution in [1.82, 2.24) is 25.6 Å². The lowest BCUT2D eigenvalue weighted by Gasteiger charge is -2.18. The molecule has 0 spiro atoms. The molecule has 11 heteroatoms. The summed E-state index contributed by atoms with van der Waals surface area (Å²) in [6.07, 6.45) is 5.81. The number of amides is 3. The molecule has 1 aliphatic heterocycles. The predicted octanol–water partition coefficient (Wildman–Crippen LogP) is 1.74. The quantitative estimate of drug-likeness (QED) is 0.352. The molecule has 166 valence electrons. The monoisotopic (exact) mass is 446 g/mol. The van der Waals surface area contributed by atoms with E-state index in [0.29, 0.717) is 34.6 Å². The molecule has 0 radical (unpaired) electrons. The van der Waals surface area contributed by atoms with Crippen molar-refractivity contribution in [3.8, 4) is 5.75 Å². The lowest BCUT2D eigenvalue weighted by Crippen LogP contribution is -2.26. The first-order chi connectivity index (χ1) is 16.1. The van der Waals surface area contributed by atoms with Gasteiger partial charge in [-0.2, -0.15) is 0 Å². The third kappa shape index (κ3) is 4.11. The number of carbonyl (C=O) groups is 3. The number of hydrogen-bond donors (Lipinski definition) is 4. The SMILES string of the molecule is O=C1COc2ccc(CNC(=O)c3ncnc4c(C(=O)NCc5ccoc5)c[nH]c34)cc2N1. The summed E-state index contributed by atoms with van der Waals surface area (Å²) in [6, 6.07) is 7.02. The van der Waals surface area contributed by atoms with Gasteiger partial charge in [0.2, 0.25) is 0 Å². The molecule has 11 nitrogen and oxygen atoms in total. The number of nitrogens with zero attached hydrogens (tertiary/aromatic N) is 2. The van der Waals surface area contributed by atoms with Crippen LogP contribution in [0.3, 0.4) is 0 Å². The Hall–Kier alpha value is -4.67. The number of rotatable bonds is 6. The van der Waals surface area contributed by atoms with Crippen molar-refractivity contribution in [2.45, 2.75) is 13.1 Å². The van der Waals surface area contributed by atoms with E-state index in [1.54, 1.807) is 30.5 Å². The van der Waals surface area contributed by atoms with Crippen molar-refractivity contribution in [2.75, 3.05) is 11.9 Å². The minimum atomic E-state index is -0.437. The maximum Gasteiger partial charge on any atom is 0.272 e. The molecule has 0 saturated carbocycles. The van der Waals surface area contributed by atoms with Crippen molar-refractivity contribution in [3.63, 3.8) is 0 Å². The number of nitrogens with one attached hydrogen (secondary N) is 4. The second kappa shape index (κ2) is 8.46. The summed E-state index contributed by atoms with van der Waals surface area (Å²) in [5.41, 5.74) is 3.26. The van der Waals surface area contributed by atoms with Gasteiger partial charge in [-0.15, -0.1) is 0 Å². The van der Waals surface area contributed by atoms with E-state index in [-0.39, 0.29) is 30.7 Å². The van der Waals surface area contributed by atoms with Crippen LogP contribution in [0.2, 0.25) is 0 Å². The molecular formula is C22H18N6O5. The zero-order valence-electron chi connectivity index (χ0n) is 17.2. The first-order valence-corrected chi connectivity index (χ1v) is 10.0. The molecule has 1 aromatic carbocycles. The standard InChI is InChI=1S/C22H18N6O5/c29-17-10-33-16-2-1-12(5-15(16)28-17)6-25-22(31)20-19-18(26-11-27-20)14(8-23-19)21(30)24-7-13-3-4-32-9-13/h1-5,8-9,11,23H,6-7,10H2,(H,24,30)(H,25,31)(H,28,29). The Morgan fingerprint density at radius 2 is 1.91 bits per heavy atom. The van der Waals surface area contributed by atoms with Gasteiger partial charge in [0.25, 0.3) is 17.7 Å². The van der Waals surface area contributed by atoms with Gasteiger partial charge < -0.3 is 30.1 Å². The Bertz CT molecular complexity index is 1360. The third-order valence-corrected chi connectivity index (χ3v) is 5.09. The highest BCUT2D eigenvalue weighted by atomic mass is 16.5. The van der Waals surface area contributed by atoms with Crippen LogP contribution in [-0.2, 0) is 17.9 Å². The second-order valence-corrected chi connectivity index (χ2v) is 7.31. The number of ether oxygens (including phenoxy) is 1. The van der Waals surface area contributed by atoms with Crippen LogP contribution in [0.5, 0.6) is 5.75 Å². The van der Waals surface area contributed by atoms with E-state index >= 15 is 0 Å². The molecule has 0 fully saturated rings. The number of H-pyrrole nitrogens is 1. The van der Waals surface area contributed by atoms with Gasteiger partial charge in [0.05, 0.1) is 29.3 Å². The van der Waals surface area contributed by atoms with E-state index in [1.807, 2.05) is 0 Å². The topological polar surface area (TPSA) is 151 Å². The Balaban J connectivity index is 1.29. The largest absolute Gasteiger partial charge is 0.482 e. The van der Waals surface area contributed by atoms with Crippen molar-refractivity contribution in [1.29, 1.82) is 0 Å². The number of benzene rings is 1. The van der Waals surface area contributed by atoms with Crippen LogP contribution in [-0.4, -0.2) is 39.3 Å². The van der Waals surface area contributed by atoms with Crippen molar-refractivity contribution in [2.24, 2.45) is 0 Å². The lowest BCUT2D eigenvalue weighted by atomic mass is 10.1. The molecule has 0 saturated heterocycles. The maximum atomic E-state index is 12.8. The summed E-state index contributed by atoms with van der Waals surface area (Å²) in [7, 11) is 0. The molecule has 0 bridgehead atoms. The molecular weight excluding hydrogens is 428 g/mol. The van der Waals surface area contributed by atoms with Crippen LogP contribution in [0, 0.1) is 0 Å². The van der Waals surface area contributed by atoms with Crippen LogP contribution < -0.4 is 20.7 Å². The number of aromatic nitrogens is 3. The Morgan fingerprint density at radius 1 is 1.06 bits per heavy atom. The molecule has 0 unspecified atom stereocenters. The van der Waals surface area contributed by atoms with Gasteiger partial charge in [-0.1, -0.05) is 6.07 Å². The fourth-order valence-corrected chi connectivity index (χ4v) is 3.46. The number of hydrogen-bond acceptors (Lipinski definition) is 7. The van der Waals surface area contributed by atoms with Crippen LogP contribution in [0.15, 0.2) is 53.7 Å².